The van der Waals surface area contributed by atoms with Gasteiger partial charge in [-0.25, -0.2) is 0 Å². The zero-order chi connectivity index (χ0) is 16.1. The molecule has 23 heavy (non-hydrogen) atoms. The highest BCUT2D eigenvalue weighted by molar-refractivity contribution is 5.83. The number of hydrogen-bond donors (Lipinski definition) is 1. The number of aryl methyl sites for hydroxylation is 1. The average molecular weight is 312 g/mol. The normalized spacial score (nSPS) is 15.9. The zero-order valence-electron chi connectivity index (χ0n) is 14.2. The van der Waals surface area contributed by atoms with E-state index in [-0.39, 0.29) is 0 Å². The third-order valence-corrected chi connectivity index (χ3v) is 5.19. The van der Waals surface area contributed by atoms with Crippen LogP contribution in [0.25, 0.3) is 10.9 Å². The van der Waals surface area contributed by atoms with Crippen molar-refractivity contribution in [1.82, 2.24) is 9.88 Å². The Morgan fingerprint density at radius 2 is 2.00 bits per heavy atom. The number of nitrogens with one attached hydrogen (secondary N) is 1. The number of fused-ring (bicyclic) bond motifs is 1. The molecule has 1 aliphatic rings. The van der Waals surface area contributed by atoms with Gasteiger partial charge in [0.2, 0.25) is 5.91 Å². The largest absolute Gasteiger partial charge is 0.361 e. The van der Waals surface area contributed by atoms with Gasteiger partial charge in [-0.3, -0.25) is 4.79 Å². The summed E-state index contributed by atoms with van der Waals surface area (Å²) in [7, 11) is 1.97. The Kier molecular flexibility index (Phi) is 5.37. The summed E-state index contributed by atoms with van der Waals surface area (Å²) in [5.74, 6) is 1.03. The van der Waals surface area contributed by atoms with Crippen LogP contribution in [0, 0.1) is 5.92 Å². The first-order valence-electron chi connectivity index (χ1n) is 9.03. The quantitative estimate of drug-likeness (QED) is 0.836. The summed E-state index contributed by atoms with van der Waals surface area (Å²) in [6.07, 6.45) is 11.3. The van der Waals surface area contributed by atoms with Gasteiger partial charge in [-0.15, -0.1) is 0 Å². The van der Waals surface area contributed by atoms with Gasteiger partial charge < -0.3 is 9.88 Å². The van der Waals surface area contributed by atoms with E-state index < -0.39 is 0 Å². The van der Waals surface area contributed by atoms with Crippen molar-refractivity contribution in [2.75, 3.05) is 13.6 Å². The van der Waals surface area contributed by atoms with Crippen molar-refractivity contribution < 1.29 is 4.79 Å². The average Bonchev–Trinajstić information content (AvgIpc) is 2.99. The van der Waals surface area contributed by atoms with Crippen LogP contribution in [-0.2, 0) is 11.2 Å². The smallest absolute Gasteiger partial charge is 0.222 e. The predicted octanol–water partition coefficient (Wildman–Crippen LogP) is 4.53. The molecule has 0 radical (unpaired) electrons. The monoisotopic (exact) mass is 312 g/mol. The van der Waals surface area contributed by atoms with Crippen LogP contribution in [0.4, 0.5) is 0 Å². The molecule has 0 unspecified atom stereocenters. The van der Waals surface area contributed by atoms with Gasteiger partial charge in [-0.05, 0) is 43.2 Å². The number of rotatable bonds is 6. The van der Waals surface area contributed by atoms with E-state index in [0.717, 1.165) is 25.3 Å². The topological polar surface area (TPSA) is 36.1 Å². The molecule has 0 spiro atoms. The standard InChI is InChI=1S/C20H28N2O/c1-22(15-16-8-3-2-4-9-16)20(23)13-7-10-17-14-21-19-12-6-5-11-18(17)19/h5-6,11-12,14,16,21H,2-4,7-10,13,15H2,1H3. The highest BCUT2D eigenvalue weighted by Gasteiger charge is 2.18. The minimum atomic E-state index is 0.301. The van der Waals surface area contributed by atoms with Crippen molar-refractivity contribution in [3.05, 3.63) is 36.0 Å². The lowest BCUT2D eigenvalue weighted by atomic mass is 9.89. The van der Waals surface area contributed by atoms with Gasteiger partial charge in [0.1, 0.15) is 0 Å². The molecule has 0 atom stereocenters. The van der Waals surface area contributed by atoms with E-state index in [0.29, 0.717) is 12.3 Å². The van der Waals surface area contributed by atoms with Crippen LogP contribution < -0.4 is 0 Å². The maximum absolute atomic E-state index is 12.3. The van der Waals surface area contributed by atoms with Crippen LogP contribution in [0.15, 0.2) is 30.5 Å². The van der Waals surface area contributed by atoms with Crippen molar-refractivity contribution in [2.45, 2.75) is 51.4 Å². The summed E-state index contributed by atoms with van der Waals surface area (Å²) < 4.78 is 0. The summed E-state index contributed by atoms with van der Waals surface area (Å²) in [4.78, 5) is 17.6. The fraction of sp³-hybridized carbons (Fsp3) is 0.550. The first-order valence-corrected chi connectivity index (χ1v) is 9.03. The molecule has 1 saturated carbocycles. The predicted molar refractivity (Wildman–Crippen MR) is 95.4 cm³/mol. The third kappa shape index (κ3) is 4.15. The van der Waals surface area contributed by atoms with E-state index in [1.807, 2.05) is 18.0 Å². The molecule has 0 aliphatic heterocycles. The van der Waals surface area contributed by atoms with E-state index in [9.17, 15) is 4.79 Å². The SMILES string of the molecule is CN(CC1CCCCC1)C(=O)CCCc1c[nH]c2ccccc12. The summed E-state index contributed by atoms with van der Waals surface area (Å²) in [5, 5.41) is 1.29. The number of carbonyl (C=O) groups is 1. The number of nitrogens with zero attached hydrogens (tertiary/aromatic N) is 1. The molecule has 1 aromatic carbocycles. The number of amides is 1. The van der Waals surface area contributed by atoms with Crippen LogP contribution in [0.5, 0.6) is 0 Å². The second-order valence-corrected chi connectivity index (χ2v) is 6.99. The van der Waals surface area contributed by atoms with Gasteiger partial charge in [0.15, 0.2) is 0 Å². The number of para-hydroxylation sites is 1. The van der Waals surface area contributed by atoms with E-state index in [2.05, 4.69) is 29.4 Å². The summed E-state index contributed by atoms with van der Waals surface area (Å²) in [5.41, 5.74) is 2.51. The van der Waals surface area contributed by atoms with Gasteiger partial charge in [0, 0.05) is 37.1 Å². The fourth-order valence-electron chi connectivity index (χ4n) is 3.82. The maximum atomic E-state index is 12.3. The zero-order valence-corrected chi connectivity index (χ0v) is 14.2. The number of benzene rings is 1. The van der Waals surface area contributed by atoms with Crippen LogP contribution in [0.2, 0.25) is 0 Å². The Balaban J connectivity index is 1.45. The van der Waals surface area contributed by atoms with Crippen molar-refractivity contribution >= 4 is 16.8 Å². The number of H-pyrrole nitrogens is 1. The van der Waals surface area contributed by atoms with Crippen LogP contribution in [0.1, 0.15) is 50.5 Å². The summed E-state index contributed by atoms with van der Waals surface area (Å²) in [6.45, 7) is 0.950. The van der Waals surface area contributed by atoms with E-state index >= 15 is 0 Å². The molecule has 0 saturated heterocycles. The maximum Gasteiger partial charge on any atom is 0.222 e. The number of hydrogen-bond acceptors (Lipinski definition) is 1. The summed E-state index contributed by atoms with van der Waals surface area (Å²) in [6, 6.07) is 8.37. The third-order valence-electron chi connectivity index (χ3n) is 5.19. The van der Waals surface area contributed by atoms with Crippen LogP contribution in [-0.4, -0.2) is 29.4 Å². The molecular weight excluding hydrogens is 284 g/mol. The Morgan fingerprint density at radius 3 is 2.83 bits per heavy atom. The van der Waals surface area contributed by atoms with E-state index in [1.54, 1.807) is 0 Å². The molecule has 2 aromatic rings. The molecule has 0 bridgehead atoms. The Hall–Kier alpha value is -1.77. The highest BCUT2D eigenvalue weighted by Crippen LogP contribution is 2.24. The van der Waals surface area contributed by atoms with Crippen molar-refractivity contribution in [1.29, 1.82) is 0 Å². The van der Waals surface area contributed by atoms with Gasteiger partial charge in [-0.2, -0.15) is 0 Å². The Labute approximate surface area is 139 Å². The fourth-order valence-corrected chi connectivity index (χ4v) is 3.82. The molecule has 124 valence electrons. The molecule has 1 aromatic heterocycles. The lowest BCUT2D eigenvalue weighted by Gasteiger charge is -2.27. The molecular formula is C20H28N2O. The number of carbonyl (C=O) groups excluding carboxylic acids is 1. The summed E-state index contributed by atoms with van der Waals surface area (Å²) >= 11 is 0. The van der Waals surface area contributed by atoms with Crippen LogP contribution >= 0.6 is 0 Å². The van der Waals surface area contributed by atoms with E-state index in [4.69, 9.17) is 0 Å². The molecule has 3 rings (SSSR count). The number of aromatic nitrogens is 1. The minimum absolute atomic E-state index is 0.301. The van der Waals surface area contributed by atoms with Gasteiger partial charge >= 0.3 is 0 Å². The Morgan fingerprint density at radius 1 is 1.22 bits per heavy atom. The Bertz CT molecular complexity index is 640. The molecule has 1 fully saturated rings. The van der Waals surface area contributed by atoms with Crippen molar-refractivity contribution in [2.24, 2.45) is 5.92 Å². The molecule has 1 N–H and O–H groups in total. The first kappa shape index (κ1) is 16.1. The lowest BCUT2D eigenvalue weighted by Crippen LogP contribution is -2.32. The minimum Gasteiger partial charge on any atom is -0.361 e. The van der Waals surface area contributed by atoms with Gasteiger partial charge in [0.05, 0.1) is 0 Å². The number of aromatic amines is 1. The second-order valence-electron chi connectivity index (χ2n) is 6.99. The van der Waals surface area contributed by atoms with Gasteiger partial charge in [0.25, 0.3) is 0 Å². The van der Waals surface area contributed by atoms with Crippen LogP contribution in [0.3, 0.4) is 0 Å². The highest BCUT2D eigenvalue weighted by atomic mass is 16.2. The van der Waals surface area contributed by atoms with Crippen molar-refractivity contribution in [3.63, 3.8) is 0 Å². The second kappa shape index (κ2) is 7.67. The van der Waals surface area contributed by atoms with Gasteiger partial charge in [-0.1, -0.05) is 37.5 Å². The first-order chi connectivity index (χ1) is 11.2. The van der Waals surface area contributed by atoms with Crippen molar-refractivity contribution in [3.8, 4) is 0 Å². The lowest BCUT2D eigenvalue weighted by molar-refractivity contribution is -0.130. The molecule has 1 amide bonds. The molecule has 3 nitrogen and oxygen atoms in total. The molecule has 1 heterocycles. The van der Waals surface area contributed by atoms with E-state index in [1.165, 1.54) is 48.6 Å². The molecule has 1 aliphatic carbocycles. The molecule has 3 heteroatoms.